The van der Waals surface area contributed by atoms with E-state index in [0.717, 1.165) is 6.26 Å². The number of thioether (sulfide) groups is 1. The molecule has 54 heavy (non-hydrogen) atoms. The number of nitrogens with zero attached hydrogens (tertiary/aromatic N) is 1. The Labute approximate surface area is 318 Å². The number of aliphatic carboxylic acids is 1. The number of carbonyl (C=O) groups excluding carboxylic acids is 3. The molecule has 1 heterocycles. The number of carboxylic acid groups (broad SMARTS) is 1. The Kier molecular flexibility index (Phi) is 14.8. The minimum atomic E-state index is -3.38. The van der Waals surface area contributed by atoms with Gasteiger partial charge in [-0.1, -0.05) is 36.1 Å². The third-order valence-electron chi connectivity index (χ3n) is 8.10. The molecule has 0 bridgehead atoms. The van der Waals surface area contributed by atoms with Gasteiger partial charge < -0.3 is 36.2 Å². The molecule has 4 rings (SSSR count). The van der Waals surface area contributed by atoms with Gasteiger partial charge in [0.2, 0.25) is 21.8 Å². The smallest absolute Gasteiger partial charge is 0.326 e. The van der Waals surface area contributed by atoms with Gasteiger partial charge in [-0.25, -0.2) is 22.3 Å². The van der Waals surface area contributed by atoms with Crippen LogP contribution in [-0.2, 0) is 29.2 Å². The summed E-state index contributed by atoms with van der Waals surface area (Å²) in [5.74, 6) is 2.47. The highest BCUT2D eigenvalue weighted by Crippen LogP contribution is 2.46. The van der Waals surface area contributed by atoms with Crippen molar-refractivity contribution < 1.29 is 48.3 Å². The van der Waals surface area contributed by atoms with Crippen LogP contribution in [0.5, 0.6) is 5.75 Å². The Morgan fingerprint density at radius 1 is 1.06 bits per heavy atom. The molecule has 0 spiro atoms. The first kappa shape index (κ1) is 40.2. The summed E-state index contributed by atoms with van der Waals surface area (Å²) in [6.07, 6.45) is 1.30. The highest BCUT2D eigenvalue weighted by Gasteiger charge is 2.49. The number of hydrogen-bond acceptors (Lipinski definition) is 10. The molecule has 14 nitrogen and oxygen atoms in total. The zero-order valence-electron chi connectivity index (χ0n) is 30.3. The molecule has 1 saturated heterocycles. The van der Waals surface area contributed by atoms with E-state index in [0.29, 0.717) is 47.1 Å². The van der Waals surface area contributed by atoms with E-state index in [-0.39, 0.29) is 30.4 Å². The second kappa shape index (κ2) is 19.9. The lowest BCUT2D eigenvalue weighted by Crippen LogP contribution is -2.57. The van der Waals surface area contributed by atoms with Gasteiger partial charge in [0.15, 0.2) is 8.02 Å². The Morgan fingerprint density at radius 3 is 2.37 bits per heavy atom. The normalized spacial score (nSPS) is 16.6. The number of carboxylic acids is 1. The van der Waals surface area contributed by atoms with Crippen LogP contribution in [0.25, 0.3) is 0 Å². The lowest BCUT2D eigenvalue weighted by molar-refractivity contribution is -0.142. The molecule has 0 aliphatic carbocycles. The predicted octanol–water partition coefficient (Wildman–Crippen LogP) is 1.84. The van der Waals surface area contributed by atoms with Crippen LogP contribution in [0.15, 0.2) is 72.8 Å². The van der Waals surface area contributed by atoms with Crippen molar-refractivity contribution in [3.05, 3.63) is 95.3 Å². The molecule has 3 amide bonds. The summed E-state index contributed by atoms with van der Waals surface area (Å²) in [5.41, 5.74) is 7.82. The van der Waals surface area contributed by atoms with Gasteiger partial charge in [-0.05, 0) is 85.5 Å². The average molecular weight is 785 g/mol. The number of ether oxygens (including phenoxy) is 1. The van der Waals surface area contributed by atoms with Crippen molar-refractivity contribution in [2.75, 3.05) is 43.1 Å². The van der Waals surface area contributed by atoms with Crippen LogP contribution in [0.2, 0.25) is 1.41 Å². The first-order valence-electron chi connectivity index (χ1n) is 17.3. The maximum Gasteiger partial charge on any atom is 0.326 e. The molecule has 288 valence electrons. The lowest BCUT2D eigenvalue weighted by Gasteiger charge is -2.47. The van der Waals surface area contributed by atoms with Crippen molar-refractivity contribution in [1.82, 2.24) is 15.3 Å². The number of unbranched alkanes of at least 4 members (excludes halogenated alkanes) is 1. The average Bonchev–Trinajstić information content (AvgIpc) is 3.14. The van der Waals surface area contributed by atoms with Gasteiger partial charge in [0.25, 0.3) is 5.91 Å². The fraction of sp³-hybridized carbons (Fsp3) is 0.351. The van der Waals surface area contributed by atoms with E-state index >= 15 is 0 Å². The molecule has 0 radical (unpaired) electrons. The van der Waals surface area contributed by atoms with E-state index in [1.54, 1.807) is 53.4 Å². The zero-order valence-corrected chi connectivity index (χ0v) is 30.9. The molecule has 0 unspecified atom stereocenters. The third kappa shape index (κ3) is 12.6. The zero-order chi connectivity index (χ0) is 40.1. The Bertz CT molecular complexity index is 1980. The molecule has 3 aromatic rings. The van der Waals surface area contributed by atoms with Gasteiger partial charge in [0.1, 0.15) is 22.9 Å². The molecule has 4 atom stereocenters. The Hall–Kier alpha value is -4.99. The Balaban J connectivity index is 1.42. The molecule has 1 aliphatic heterocycles. The largest absolute Gasteiger partial charge is 0.484 e. The van der Waals surface area contributed by atoms with Crippen LogP contribution in [0.3, 0.4) is 0 Å². The molecule has 1 fully saturated rings. The van der Waals surface area contributed by atoms with Crippen LogP contribution >= 0.6 is 11.8 Å². The number of nitrogens with one attached hydrogen (secondary N) is 3. The summed E-state index contributed by atoms with van der Waals surface area (Å²) >= 11 is 1.25. The topological polar surface area (TPSA) is 217 Å². The Morgan fingerprint density at radius 2 is 1.74 bits per heavy atom. The van der Waals surface area contributed by atoms with Crippen molar-refractivity contribution in [3.8, 4) is 17.6 Å². The third-order valence-corrected chi connectivity index (χ3v) is 10.1. The molecule has 0 saturated carbocycles. The number of amides is 3. The van der Waals surface area contributed by atoms with Gasteiger partial charge >= 0.3 is 5.97 Å². The van der Waals surface area contributed by atoms with Crippen LogP contribution in [0, 0.1) is 17.7 Å². The molecular formula is C37H42FN5O9S2. The molecular weight excluding hydrogens is 742 g/mol. The standard InChI is InChI=1S/C37H42FN5O9S2/c1-54(50,51)41-20-4-5-24-7-15-28(16-8-24)43-34(35(36(43)47)53-23-31(44)25-9-13-27(38)14-10-25)26-11-17-29(18-12-26)52-22-33(46)40-21-32(45)42-30(37(48)49)6-2-3-19-39/h7-18,30-31,34-35,41,44H,2-3,6,19-23,39H2,1H3,(H,40,46)(H,42,45)(H,48,49)/t30-,31-,34+,35+/m0/s1/i/hD. The molecule has 0 aromatic heterocycles. The number of sulfonamides is 1. The number of β-lactam (4-membered cyclic amide) rings is 1. The molecule has 7 N–H and O–H groups in total. The number of aliphatic hydroxyl groups excluding tert-OH is 1. The van der Waals surface area contributed by atoms with Crippen molar-refractivity contribution in [3.63, 3.8) is 0 Å². The first-order chi connectivity index (χ1) is 26.2. The maximum absolute atomic E-state index is 13.6. The van der Waals surface area contributed by atoms with Gasteiger partial charge in [-0.3, -0.25) is 14.4 Å². The second-order valence-electron chi connectivity index (χ2n) is 12.2. The van der Waals surface area contributed by atoms with Crippen LogP contribution in [-0.4, -0.2) is 91.9 Å². The van der Waals surface area contributed by atoms with Gasteiger partial charge in [0.05, 0.1) is 31.5 Å². The van der Waals surface area contributed by atoms with Crippen molar-refractivity contribution in [2.24, 2.45) is 5.73 Å². The number of benzene rings is 3. The summed E-state index contributed by atoms with van der Waals surface area (Å²) in [7, 11) is -3.38. The van der Waals surface area contributed by atoms with Crippen LogP contribution in [0.1, 0.15) is 48.1 Å². The second-order valence-corrected chi connectivity index (χ2v) is 15.2. The van der Waals surface area contributed by atoms with Gasteiger partial charge in [-0.2, -0.15) is 0 Å². The summed E-state index contributed by atoms with van der Waals surface area (Å²) < 4.78 is 51.8. The van der Waals surface area contributed by atoms with E-state index in [4.69, 9.17) is 11.9 Å². The first-order valence-corrected chi connectivity index (χ1v) is 19.8. The lowest BCUT2D eigenvalue weighted by atomic mass is 9.92. The number of hydrogen-bond donors (Lipinski definition) is 6. The van der Waals surface area contributed by atoms with E-state index in [1.165, 1.54) is 36.0 Å². The SMILES string of the molecule is [2H]N(CC(=O)N[C@@H](CCCCN)C(=O)O)C(=O)COc1ccc([C@@H]2[C@@H](SC[C@H](O)c3ccc(F)cc3)C(=O)N2c2ccc(C#CCNS(C)(=O)=O)cc2)cc1. The summed E-state index contributed by atoms with van der Waals surface area (Å²) in [6, 6.07) is 17.2. The number of carbonyl (C=O) groups is 4. The van der Waals surface area contributed by atoms with Crippen LogP contribution in [0.4, 0.5) is 10.1 Å². The summed E-state index contributed by atoms with van der Waals surface area (Å²) in [6.45, 7) is -0.962. The number of halogens is 1. The summed E-state index contributed by atoms with van der Waals surface area (Å²) in [4.78, 5) is 51.5. The predicted molar refractivity (Wildman–Crippen MR) is 201 cm³/mol. The van der Waals surface area contributed by atoms with Crippen LogP contribution < -0.4 is 30.7 Å². The molecule has 1 aliphatic rings. The van der Waals surface area contributed by atoms with Gasteiger partial charge in [-0.15, -0.1) is 11.8 Å². The van der Waals surface area contributed by atoms with E-state index in [1.807, 2.05) is 0 Å². The fourth-order valence-corrected chi connectivity index (χ4v) is 6.97. The van der Waals surface area contributed by atoms with Crippen molar-refractivity contribution in [2.45, 2.75) is 42.7 Å². The number of rotatable bonds is 19. The molecule has 3 aromatic carbocycles. The van der Waals surface area contributed by atoms with E-state index < -0.39 is 70.2 Å². The fourth-order valence-electron chi connectivity index (χ4n) is 5.33. The highest BCUT2D eigenvalue weighted by atomic mass is 32.2. The van der Waals surface area contributed by atoms with E-state index in [9.17, 15) is 42.2 Å². The number of aliphatic hydroxyl groups is 1. The minimum absolute atomic E-state index is 0.0619. The van der Waals surface area contributed by atoms with Crippen molar-refractivity contribution >= 4 is 51.2 Å². The van der Waals surface area contributed by atoms with Crippen molar-refractivity contribution in [1.29, 1.82) is 0 Å². The summed E-state index contributed by atoms with van der Waals surface area (Å²) in [5, 5.41) is 22.2. The van der Waals surface area contributed by atoms with Gasteiger partial charge in [0, 0.05) is 17.0 Å². The minimum Gasteiger partial charge on any atom is -0.484 e. The highest BCUT2D eigenvalue weighted by molar-refractivity contribution is 8.00. The quantitative estimate of drug-likeness (QED) is 0.0586. The molecule has 17 heteroatoms. The monoisotopic (exact) mass is 784 g/mol. The maximum atomic E-state index is 13.6. The number of nitrogens with two attached hydrogens (primary N) is 1. The van der Waals surface area contributed by atoms with E-state index in [2.05, 4.69) is 21.9 Å². The number of anilines is 1.